The average Bonchev–Trinajstić information content (AvgIpc) is 3.02. The summed E-state index contributed by atoms with van der Waals surface area (Å²) in [6, 6.07) is 4.92. The molecule has 2 heterocycles. The molecule has 3 rings (SSSR count). The van der Waals surface area contributed by atoms with E-state index in [0.29, 0.717) is 6.04 Å². The van der Waals surface area contributed by atoms with Crippen molar-refractivity contribution in [3.8, 4) is 0 Å². The Morgan fingerprint density at radius 3 is 2.75 bits per heavy atom. The summed E-state index contributed by atoms with van der Waals surface area (Å²) >= 11 is 1.81. The van der Waals surface area contributed by atoms with Crippen molar-refractivity contribution in [1.82, 2.24) is 10.6 Å². The standard InChI is InChI=1S/C19H26N4S/c1-3-4-14-9-15(19-22-13(2)12-24-19)10-18(17(14)11-20)23-16-5-7-21-8-6-16/h3-4,9-12,16,19,21-23H,1,5-8,20H2,2H3/b14-4-,17-11+. The second kappa shape index (κ2) is 7.81. The first kappa shape index (κ1) is 17.0. The molecule has 2 aliphatic rings. The van der Waals surface area contributed by atoms with Gasteiger partial charge >= 0.3 is 0 Å². The molecular weight excluding hydrogens is 316 g/mol. The van der Waals surface area contributed by atoms with Crippen molar-refractivity contribution in [2.24, 2.45) is 5.73 Å². The summed E-state index contributed by atoms with van der Waals surface area (Å²) in [6.45, 7) is 8.07. The summed E-state index contributed by atoms with van der Waals surface area (Å²) in [7, 11) is 0. The molecule has 5 N–H and O–H groups in total. The molecule has 0 radical (unpaired) electrons. The van der Waals surface area contributed by atoms with Crippen LogP contribution in [0.1, 0.15) is 30.7 Å². The van der Waals surface area contributed by atoms with Gasteiger partial charge in [0.15, 0.2) is 0 Å². The van der Waals surface area contributed by atoms with Gasteiger partial charge in [-0.05, 0) is 61.2 Å². The highest BCUT2D eigenvalue weighted by Crippen LogP contribution is 2.33. The molecule has 24 heavy (non-hydrogen) atoms. The largest absolute Gasteiger partial charge is 0.404 e. The Balaban J connectivity index is 1.99. The molecule has 1 aromatic rings. The Morgan fingerprint density at radius 2 is 2.12 bits per heavy atom. The maximum atomic E-state index is 5.95. The molecule has 1 unspecified atom stereocenters. The lowest BCUT2D eigenvalue weighted by molar-refractivity contribution is 0.479. The molecule has 1 aromatic carbocycles. The van der Waals surface area contributed by atoms with Crippen molar-refractivity contribution in [3.63, 3.8) is 0 Å². The third-order valence-electron chi connectivity index (χ3n) is 4.44. The molecule has 4 nitrogen and oxygen atoms in total. The van der Waals surface area contributed by atoms with E-state index in [1.807, 2.05) is 12.2 Å². The fourth-order valence-electron chi connectivity index (χ4n) is 3.21. The van der Waals surface area contributed by atoms with E-state index in [-0.39, 0.29) is 5.37 Å². The highest BCUT2D eigenvalue weighted by atomic mass is 32.2. The fourth-order valence-corrected chi connectivity index (χ4v) is 4.17. The molecule has 2 aliphatic heterocycles. The number of piperidine rings is 1. The van der Waals surface area contributed by atoms with E-state index >= 15 is 0 Å². The number of hydrogen-bond acceptors (Lipinski definition) is 5. The van der Waals surface area contributed by atoms with E-state index in [4.69, 9.17) is 5.73 Å². The summed E-state index contributed by atoms with van der Waals surface area (Å²) in [4.78, 5) is 0. The minimum atomic E-state index is 0.252. The second-order valence-corrected chi connectivity index (χ2v) is 7.25. The number of thioether (sulfide) groups is 1. The number of rotatable bonds is 4. The van der Waals surface area contributed by atoms with E-state index in [2.05, 4.69) is 47.0 Å². The molecule has 0 spiro atoms. The molecule has 0 aliphatic carbocycles. The molecule has 0 saturated carbocycles. The maximum absolute atomic E-state index is 5.95. The van der Waals surface area contributed by atoms with Crippen molar-refractivity contribution in [3.05, 3.63) is 51.9 Å². The Hall–Kier alpha value is -1.85. The van der Waals surface area contributed by atoms with Gasteiger partial charge in [0.1, 0.15) is 5.37 Å². The first-order valence-electron chi connectivity index (χ1n) is 8.46. The molecule has 0 bridgehead atoms. The van der Waals surface area contributed by atoms with E-state index in [0.717, 1.165) is 42.1 Å². The highest BCUT2D eigenvalue weighted by molar-refractivity contribution is 8.02. The van der Waals surface area contributed by atoms with Crippen LogP contribution in [-0.4, -0.2) is 19.1 Å². The highest BCUT2D eigenvalue weighted by Gasteiger charge is 2.19. The normalized spacial score (nSPS) is 23.0. The number of benzene rings is 1. The van der Waals surface area contributed by atoms with Gasteiger partial charge in [-0.15, -0.1) is 11.8 Å². The summed E-state index contributed by atoms with van der Waals surface area (Å²) in [5.41, 5.74) is 9.53. The summed E-state index contributed by atoms with van der Waals surface area (Å²) in [6.07, 6.45) is 7.80. The summed E-state index contributed by atoms with van der Waals surface area (Å²) in [5, 5.41) is 15.2. The topological polar surface area (TPSA) is 62.1 Å². The SMILES string of the molecule is C=C/C=c1/cc(C2NC(C)=CS2)cc(NC2CCNCC2)/c1=C/N. The van der Waals surface area contributed by atoms with Crippen LogP contribution in [0.5, 0.6) is 0 Å². The molecule has 1 saturated heterocycles. The number of allylic oxidation sites excluding steroid dienone is 2. The summed E-state index contributed by atoms with van der Waals surface area (Å²) < 4.78 is 0. The molecule has 0 amide bonds. The molecule has 0 aromatic heterocycles. The molecule has 128 valence electrons. The Morgan fingerprint density at radius 1 is 1.33 bits per heavy atom. The van der Waals surface area contributed by atoms with Crippen LogP contribution in [0.25, 0.3) is 12.3 Å². The second-order valence-electron chi connectivity index (χ2n) is 6.27. The molecule has 5 heteroatoms. The third kappa shape index (κ3) is 3.79. The zero-order valence-corrected chi connectivity index (χ0v) is 15.0. The van der Waals surface area contributed by atoms with Crippen LogP contribution in [0.4, 0.5) is 5.69 Å². The molecule has 1 fully saturated rings. The smallest absolute Gasteiger partial charge is 0.102 e. The van der Waals surface area contributed by atoms with Gasteiger partial charge in [0.05, 0.1) is 0 Å². The van der Waals surface area contributed by atoms with Crippen molar-refractivity contribution < 1.29 is 0 Å². The minimum Gasteiger partial charge on any atom is -0.404 e. The lowest BCUT2D eigenvalue weighted by Gasteiger charge is -2.25. The zero-order valence-electron chi connectivity index (χ0n) is 14.1. The number of nitrogens with one attached hydrogen (secondary N) is 3. The molecule has 1 atom stereocenters. The quantitative estimate of drug-likeness (QED) is 0.671. The van der Waals surface area contributed by atoms with Gasteiger partial charge in [-0.2, -0.15) is 0 Å². The van der Waals surface area contributed by atoms with E-state index < -0.39 is 0 Å². The van der Waals surface area contributed by atoms with Gasteiger partial charge in [0, 0.05) is 28.8 Å². The van der Waals surface area contributed by atoms with Crippen LogP contribution >= 0.6 is 11.8 Å². The monoisotopic (exact) mass is 342 g/mol. The number of anilines is 1. The van der Waals surface area contributed by atoms with Gasteiger partial charge in [-0.25, -0.2) is 0 Å². The Labute approximate surface area is 148 Å². The Kier molecular flexibility index (Phi) is 5.53. The van der Waals surface area contributed by atoms with Crippen molar-refractivity contribution in [2.75, 3.05) is 18.4 Å². The number of hydrogen-bond donors (Lipinski definition) is 4. The lowest BCUT2D eigenvalue weighted by Crippen LogP contribution is -2.39. The Bertz CT molecular complexity index is 747. The van der Waals surface area contributed by atoms with Crippen LogP contribution in [0.2, 0.25) is 0 Å². The van der Waals surface area contributed by atoms with Gasteiger partial charge in [-0.3, -0.25) is 0 Å². The van der Waals surface area contributed by atoms with Crippen LogP contribution < -0.4 is 32.1 Å². The first-order chi connectivity index (χ1) is 11.7. The van der Waals surface area contributed by atoms with Crippen molar-refractivity contribution in [1.29, 1.82) is 0 Å². The fraction of sp³-hybridized carbons (Fsp3) is 0.368. The van der Waals surface area contributed by atoms with Crippen molar-refractivity contribution in [2.45, 2.75) is 31.2 Å². The minimum absolute atomic E-state index is 0.252. The third-order valence-corrected chi connectivity index (χ3v) is 5.59. The molecular formula is C19H26N4S. The van der Waals surface area contributed by atoms with Crippen LogP contribution in [0.15, 0.2) is 35.9 Å². The first-order valence-corrected chi connectivity index (χ1v) is 9.40. The van der Waals surface area contributed by atoms with Gasteiger partial charge in [0.2, 0.25) is 0 Å². The average molecular weight is 343 g/mol. The predicted octanol–water partition coefficient (Wildman–Crippen LogP) is 1.71. The summed E-state index contributed by atoms with van der Waals surface area (Å²) in [5.74, 6) is 0. The van der Waals surface area contributed by atoms with E-state index in [9.17, 15) is 0 Å². The van der Waals surface area contributed by atoms with Crippen molar-refractivity contribution >= 4 is 29.7 Å². The van der Waals surface area contributed by atoms with E-state index in [1.54, 1.807) is 18.0 Å². The van der Waals surface area contributed by atoms with Gasteiger partial charge in [0.25, 0.3) is 0 Å². The van der Waals surface area contributed by atoms with Crippen LogP contribution in [-0.2, 0) is 0 Å². The maximum Gasteiger partial charge on any atom is 0.102 e. The van der Waals surface area contributed by atoms with Gasteiger partial charge in [-0.1, -0.05) is 18.7 Å². The van der Waals surface area contributed by atoms with Gasteiger partial charge < -0.3 is 21.7 Å². The zero-order chi connectivity index (χ0) is 16.9. The predicted molar refractivity (Wildman–Crippen MR) is 106 cm³/mol. The number of nitrogens with two attached hydrogens (primary N) is 1. The van der Waals surface area contributed by atoms with Crippen LogP contribution in [0, 0.1) is 0 Å². The van der Waals surface area contributed by atoms with E-state index in [1.165, 1.54) is 11.3 Å². The lowest BCUT2D eigenvalue weighted by atomic mass is 10.0. The van der Waals surface area contributed by atoms with Crippen LogP contribution in [0.3, 0.4) is 0 Å².